The van der Waals surface area contributed by atoms with Gasteiger partial charge in [0, 0.05) is 34.7 Å². The minimum absolute atomic E-state index is 0.0330. The molecule has 141 heavy (non-hydrogen) atoms. The maximum absolute atomic E-state index is 13.1. The number of benzene rings is 6. The molecule has 2 heterocycles. The summed E-state index contributed by atoms with van der Waals surface area (Å²) in [6, 6.07) is 41.7. The molecule has 6 aromatic carbocycles. The lowest BCUT2D eigenvalue weighted by Crippen LogP contribution is -2.58. The highest BCUT2D eigenvalue weighted by molar-refractivity contribution is 7.99. The van der Waals surface area contributed by atoms with E-state index in [0.29, 0.717) is 54.7 Å². The van der Waals surface area contributed by atoms with Crippen LogP contribution in [-0.4, -0.2) is 159 Å². The van der Waals surface area contributed by atoms with Crippen LogP contribution in [0.25, 0.3) is 10.8 Å². The Kier molecular flexibility index (Phi) is 46.7. The molecule has 2 saturated heterocycles. The molecular formula is C111H158F8O20S2. The molecule has 790 valence electrons. The van der Waals surface area contributed by atoms with Crippen LogP contribution in [0.4, 0.5) is 35.1 Å². The number of phenols is 1. The van der Waals surface area contributed by atoms with Gasteiger partial charge in [-0.3, -0.25) is 24.0 Å². The Hall–Kier alpha value is -8.55. The lowest BCUT2D eigenvalue weighted by atomic mass is 9.46. The number of ketones is 2. The van der Waals surface area contributed by atoms with E-state index in [9.17, 15) is 91.9 Å². The Balaban J connectivity index is 0.000000288. The van der Waals surface area contributed by atoms with Gasteiger partial charge in [-0.25, -0.2) is 18.0 Å². The summed E-state index contributed by atoms with van der Waals surface area (Å²) in [7, 11) is -5.83. The molecule has 0 spiro atoms. The van der Waals surface area contributed by atoms with Crippen LogP contribution in [0, 0.1) is 39.4 Å². The van der Waals surface area contributed by atoms with Crippen molar-refractivity contribution in [1.82, 2.24) is 0 Å². The Labute approximate surface area is 834 Å². The highest BCUT2D eigenvalue weighted by Gasteiger charge is 2.61. The molecule has 5 aliphatic carbocycles. The molecule has 9 atom stereocenters. The van der Waals surface area contributed by atoms with Crippen molar-refractivity contribution >= 4 is 73.2 Å². The zero-order valence-electron chi connectivity index (χ0n) is 86.9. The van der Waals surface area contributed by atoms with E-state index in [-0.39, 0.29) is 67.7 Å². The highest BCUT2D eigenvalue weighted by Crippen LogP contribution is 2.65. The molecule has 7 aliphatic rings. The van der Waals surface area contributed by atoms with E-state index in [2.05, 4.69) is 93.0 Å². The fraction of sp³-hybridized carbons (Fsp3) is 0.631. The van der Waals surface area contributed by atoms with Gasteiger partial charge in [-0.2, -0.15) is 35.1 Å². The van der Waals surface area contributed by atoms with Crippen molar-refractivity contribution in [2.45, 2.75) is 369 Å². The molecule has 20 nitrogen and oxygen atoms in total. The molecule has 9 unspecified atom stereocenters. The number of halogens is 8. The van der Waals surface area contributed by atoms with Crippen LogP contribution < -0.4 is 4.74 Å². The smallest absolute Gasteiger partial charge is 0.421 e. The third kappa shape index (κ3) is 34.6. The summed E-state index contributed by atoms with van der Waals surface area (Å²) in [5.41, 5.74) is -1.20. The molecule has 4 N–H and O–H groups in total. The van der Waals surface area contributed by atoms with Gasteiger partial charge in [0.15, 0.2) is 32.0 Å². The number of carbonyl (C=O) groups is 7. The van der Waals surface area contributed by atoms with Crippen molar-refractivity contribution in [3.63, 3.8) is 0 Å². The van der Waals surface area contributed by atoms with Crippen LogP contribution in [0.1, 0.15) is 366 Å². The average Bonchev–Trinajstić information content (AvgIpc) is 0.921. The number of hydrogen-bond donors (Lipinski definition) is 4. The van der Waals surface area contributed by atoms with Gasteiger partial charge in [0.2, 0.25) is 11.6 Å². The molecule has 6 aromatic rings. The quantitative estimate of drug-likeness (QED) is 0.00761. The van der Waals surface area contributed by atoms with Crippen molar-refractivity contribution in [1.29, 1.82) is 0 Å². The number of cyclic esters (lactones) is 1. The number of carbonyl (C=O) groups excluding carboxylic acids is 7. The van der Waals surface area contributed by atoms with Crippen molar-refractivity contribution in [3.05, 3.63) is 178 Å². The van der Waals surface area contributed by atoms with E-state index >= 15 is 0 Å². The summed E-state index contributed by atoms with van der Waals surface area (Å²) in [6.45, 7) is 40.5. The summed E-state index contributed by atoms with van der Waals surface area (Å²) >= 11 is 0. The molecule has 2 aliphatic heterocycles. The Morgan fingerprint density at radius 2 is 1.03 bits per heavy atom. The van der Waals surface area contributed by atoms with Gasteiger partial charge in [0.05, 0.1) is 42.3 Å². The molecule has 4 bridgehead atoms. The lowest BCUT2D eigenvalue weighted by molar-refractivity contribution is -0.258. The monoisotopic (exact) mass is 2030 g/mol. The van der Waals surface area contributed by atoms with Crippen molar-refractivity contribution in [2.24, 2.45) is 39.4 Å². The summed E-state index contributed by atoms with van der Waals surface area (Å²) in [5.74, 6) is 3.44. The van der Waals surface area contributed by atoms with Gasteiger partial charge in [-0.1, -0.05) is 186 Å². The van der Waals surface area contributed by atoms with Crippen LogP contribution in [-0.2, 0) is 74.3 Å². The number of hydrogen-bond acceptors (Lipinski definition) is 20. The molecule has 5 saturated carbocycles. The van der Waals surface area contributed by atoms with Crippen molar-refractivity contribution in [2.75, 3.05) is 37.9 Å². The van der Waals surface area contributed by atoms with Crippen molar-refractivity contribution in [3.8, 4) is 11.5 Å². The normalized spacial score (nSPS) is 20.7. The Morgan fingerprint density at radius 3 is 1.46 bits per heavy atom. The summed E-state index contributed by atoms with van der Waals surface area (Å²) in [4.78, 5) is 82.7. The van der Waals surface area contributed by atoms with Crippen LogP contribution in [0.15, 0.2) is 140 Å². The number of Topliss-reactive ketones (excluding diaryl/α,β-unsaturated/α-hetero) is 2. The molecule has 0 amide bonds. The molecule has 13 rings (SSSR count). The second-order valence-corrected chi connectivity index (χ2v) is 45.7. The van der Waals surface area contributed by atoms with E-state index in [1.165, 1.54) is 125 Å². The number of fused-ring (bicyclic) bond motifs is 1. The van der Waals surface area contributed by atoms with E-state index in [1.807, 2.05) is 121 Å². The first-order valence-corrected chi connectivity index (χ1v) is 52.9. The van der Waals surface area contributed by atoms with E-state index in [0.717, 1.165) is 110 Å². The average molecular weight is 2030 g/mol. The number of ether oxygens (including phenoxy) is 6. The molecule has 0 aromatic heterocycles. The second kappa shape index (κ2) is 53.5. The first-order valence-electron chi connectivity index (χ1n) is 50.0. The second-order valence-electron chi connectivity index (χ2n) is 41.5. The van der Waals surface area contributed by atoms with Crippen LogP contribution in [0.2, 0.25) is 0 Å². The van der Waals surface area contributed by atoms with Gasteiger partial charge in [0.25, 0.3) is 0 Å². The maximum Gasteiger partial charge on any atom is 0.421 e. The molecular weight excluding hydrogens is 1870 g/mol. The topological polar surface area (TPSA) is 313 Å². The maximum atomic E-state index is 13.1. The third-order valence-electron chi connectivity index (χ3n) is 29.5. The van der Waals surface area contributed by atoms with E-state index < -0.39 is 106 Å². The number of alkyl halides is 8. The minimum Gasteiger partial charge on any atom is -0.743 e. The summed E-state index contributed by atoms with van der Waals surface area (Å²) in [6.07, 6.45) is 10.3. The summed E-state index contributed by atoms with van der Waals surface area (Å²) < 4.78 is 164. The Bertz CT molecular complexity index is 5000. The van der Waals surface area contributed by atoms with Gasteiger partial charge in [-0.15, -0.1) is 0 Å². The standard InChI is InChI=1S/C19H20F2O6S.C19H32O3.C14H18O3.C14H19OS.C13H17F3O.C13H24O2.C10H14O.C9H15F3O3/c1-3-12(2)13-4-5-15-11-16(7-6-14(15)10-13)18(23)27-9-8-17(22)19(20,21)28(24,25)26;1-5-18(4,12-20)16(21)22-17(2,3)19-9-13-6-14(10-19)8-15(7-13)11-19;1-3-10(2)11-4-6-12(7-5-11)17-13-8-9-16-14(13)15;1-14(2,16-10-6-7-11-16)13(15)12-8-4-3-5-9-12;1-4-9(2)10-5-7-11(8-6-10)12(3,17)13(14,15)16;1-5-12(2,3)11(14)15-13(4)9-7-6-8-10-13;1-3-8(2)9-4-6-10(11)7-5-9;1-4-8(3,9(10,11)12)7(14)15-5-6(2)13/h4-7,10-12H,3,8-9H2,1-2H3,(H,24,25,26);13-15,20H,5-12H2,1-4H3;4-7,10,13H,3,8-9H2,1-2H3;3-5,8-9H,6-7,10-11H2,1-2H3;5-9,17H,4H2,1-3H3;5-10H2,1-4H3;4-8,11H,3H2,1-2H3;6,13H,4-5H2,1-3H3/q;;;+1;;;;/p-1. The predicted molar refractivity (Wildman–Crippen MR) is 536 cm³/mol. The number of rotatable bonds is 32. The van der Waals surface area contributed by atoms with Gasteiger partial charge in [-0.05, 0) is 315 Å². The fourth-order valence-corrected chi connectivity index (χ4v) is 20.7. The zero-order chi connectivity index (χ0) is 106. The Morgan fingerprint density at radius 1 is 0.560 bits per heavy atom. The largest absolute Gasteiger partial charge is 0.743 e. The number of esters is 5. The number of aliphatic hydroxyl groups is 3. The van der Waals surface area contributed by atoms with E-state index in [4.69, 9.17) is 33.9 Å². The molecule has 30 heteroatoms. The van der Waals surface area contributed by atoms with Crippen molar-refractivity contribution < 1.29 is 131 Å². The van der Waals surface area contributed by atoms with E-state index in [1.54, 1.807) is 36.4 Å². The van der Waals surface area contributed by atoms with Crippen LogP contribution >= 0.6 is 0 Å². The number of phenolic OH excluding ortho intramolecular Hbond substituents is 1. The van der Waals surface area contributed by atoms with Gasteiger partial charge >= 0.3 is 47.5 Å². The summed E-state index contributed by atoms with van der Waals surface area (Å²) in [5, 5.41) is 33.5. The van der Waals surface area contributed by atoms with Crippen LogP contribution in [0.5, 0.6) is 11.5 Å². The number of aromatic hydroxyl groups is 1. The van der Waals surface area contributed by atoms with Crippen LogP contribution in [0.3, 0.4) is 0 Å². The van der Waals surface area contributed by atoms with Gasteiger partial charge in [0.1, 0.15) is 40.8 Å². The fourth-order valence-electron chi connectivity index (χ4n) is 17.6. The first-order chi connectivity index (χ1) is 65.5. The number of aliphatic hydroxyl groups excluding tert-OH is 2. The van der Waals surface area contributed by atoms with Gasteiger partial charge < -0.3 is 53.4 Å². The zero-order valence-corrected chi connectivity index (χ0v) is 88.6. The SMILES string of the molecule is CC(C)(C(=O)c1ccccc1)[S+]1CCCC1.CCC(C)(C(=O)OCC(C)O)C(F)(F)F.CCC(C)(C)C(=O)OC1(C)CCCCC1.CCC(C)(CO)C(=O)OC(C)(C)C12CC3CC(CC(C3)C1)C2.CCC(C)c1ccc(C(C)(O)C(F)(F)F)cc1.CCC(C)c1ccc(O)cc1.CCC(C)c1ccc(OC2CCOC2=O)cc1.CCC(C)c1ccc2cc(C(=O)OCCC(=O)C(F)(F)S(=O)(=O)[O-])ccc2c1. The predicted octanol–water partition coefficient (Wildman–Crippen LogP) is 25.9. The third-order valence-corrected chi connectivity index (χ3v) is 33.6. The molecule has 0 radical (unpaired) electrons. The first kappa shape index (κ1) is 123. The minimum atomic E-state index is -6.11. The highest BCUT2D eigenvalue weighted by atomic mass is 32.2. The lowest BCUT2D eigenvalue weighted by Gasteiger charge is -2.61. The molecule has 7 fully saturated rings.